The number of rotatable bonds is 44. The van der Waals surface area contributed by atoms with Gasteiger partial charge in [-0.15, -0.1) is 0 Å². The average molecular weight is 837 g/mol. The number of ether oxygens (including phenoxy) is 3. The quantitative estimate of drug-likeness (QED) is 0.0263. The predicted molar refractivity (Wildman–Crippen MR) is 256 cm³/mol. The average Bonchev–Trinajstić information content (AvgIpc) is 3.24. The molecule has 60 heavy (non-hydrogen) atoms. The van der Waals surface area contributed by atoms with E-state index in [4.69, 9.17) is 14.2 Å². The molecule has 0 fully saturated rings. The SMILES string of the molecule is CC/C=C\C/C=C\C/C=C\C/C=C\C/C=C\C/C=C\CCC(=O)OC[C@@H](COC(=O)CCCCCCCCCCCCC)OC(=O)CCCCCCCCCCCCCC. The largest absolute Gasteiger partial charge is 0.462 e. The molecule has 0 amide bonds. The Bertz CT molecular complexity index is 1140. The van der Waals surface area contributed by atoms with Crippen molar-refractivity contribution in [2.24, 2.45) is 0 Å². The normalized spacial score (nSPS) is 12.7. The molecular weight excluding hydrogens is 745 g/mol. The van der Waals surface area contributed by atoms with Crippen LogP contribution in [-0.4, -0.2) is 37.2 Å². The van der Waals surface area contributed by atoms with Gasteiger partial charge in [0.15, 0.2) is 6.10 Å². The van der Waals surface area contributed by atoms with Crippen LogP contribution < -0.4 is 0 Å². The highest BCUT2D eigenvalue weighted by atomic mass is 16.6. The second kappa shape index (κ2) is 48.5. The molecule has 0 aromatic heterocycles. The maximum absolute atomic E-state index is 12.7. The first-order valence-corrected chi connectivity index (χ1v) is 24.9. The third kappa shape index (κ3) is 45.9. The van der Waals surface area contributed by atoms with Gasteiger partial charge in [0.25, 0.3) is 0 Å². The minimum Gasteiger partial charge on any atom is -0.462 e. The van der Waals surface area contributed by atoms with E-state index in [1.165, 1.54) is 109 Å². The zero-order valence-corrected chi connectivity index (χ0v) is 39.2. The first-order chi connectivity index (χ1) is 29.5. The van der Waals surface area contributed by atoms with Crippen molar-refractivity contribution in [2.75, 3.05) is 13.2 Å². The second-order valence-corrected chi connectivity index (χ2v) is 16.4. The van der Waals surface area contributed by atoms with Crippen LogP contribution >= 0.6 is 0 Å². The molecule has 6 nitrogen and oxygen atoms in total. The lowest BCUT2D eigenvalue weighted by Gasteiger charge is -2.18. The topological polar surface area (TPSA) is 78.9 Å². The zero-order valence-electron chi connectivity index (χ0n) is 39.2. The van der Waals surface area contributed by atoms with E-state index >= 15 is 0 Å². The first kappa shape index (κ1) is 56.9. The van der Waals surface area contributed by atoms with Gasteiger partial charge in [-0.25, -0.2) is 0 Å². The van der Waals surface area contributed by atoms with Crippen LogP contribution in [0.1, 0.15) is 233 Å². The first-order valence-electron chi connectivity index (χ1n) is 24.9. The Hall–Kier alpha value is -3.15. The molecule has 344 valence electrons. The fourth-order valence-corrected chi connectivity index (χ4v) is 6.76. The third-order valence-corrected chi connectivity index (χ3v) is 10.5. The summed E-state index contributed by atoms with van der Waals surface area (Å²) >= 11 is 0. The molecule has 0 radical (unpaired) electrons. The number of hydrogen-bond acceptors (Lipinski definition) is 6. The lowest BCUT2D eigenvalue weighted by Crippen LogP contribution is -2.30. The zero-order chi connectivity index (χ0) is 43.7. The third-order valence-electron chi connectivity index (χ3n) is 10.5. The van der Waals surface area contributed by atoms with Crippen LogP contribution in [-0.2, 0) is 28.6 Å². The van der Waals surface area contributed by atoms with Crippen LogP contribution in [0.3, 0.4) is 0 Å². The van der Waals surface area contributed by atoms with Gasteiger partial charge in [-0.1, -0.05) is 229 Å². The van der Waals surface area contributed by atoms with Gasteiger partial charge in [-0.2, -0.15) is 0 Å². The highest BCUT2D eigenvalue weighted by molar-refractivity contribution is 5.71. The molecule has 0 N–H and O–H groups in total. The van der Waals surface area contributed by atoms with E-state index in [-0.39, 0.29) is 37.5 Å². The lowest BCUT2D eigenvalue weighted by molar-refractivity contribution is -0.166. The fraction of sp³-hybridized carbons (Fsp3) is 0.722. The summed E-state index contributed by atoms with van der Waals surface area (Å²) in [4.78, 5) is 37.8. The number of hydrogen-bond donors (Lipinski definition) is 0. The second-order valence-electron chi connectivity index (χ2n) is 16.4. The van der Waals surface area contributed by atoms with E-state index < -0.39 is 6.10 Å². The van der Waals surface area contributed by atoms with Crippen molar-refractivity contribution in [1.82, 2.24) is 0 Å². The van der Waals surface area contributed by atoms with Gasteiger partial charge in [0, 0.05) is 19.3 Å². The standard InChI is InChI=1S/C54H92O6/c1-4-7-10-13-16-19-22-24-25-26-27-28-29-30-33-35-38-41-44-47-53(56)59-50-51(49-58-52(55)46-43-40-37-34-31-21-18-15-12-9-6-3)60-54(57)48-45-42-39-36-32-23-20-17-14-11-8-5-2/h7,10,16,19,24-25,27-28,30,33,38,41,51H,4-6,8-9,11-15,17-18,20-23,26,29,31-32,34-37,39-40,42-50H2,1-3H3/b10-7-,19-16-,25-24-,28-27-,33-30-,41-38-/t51-/m1/s1. The molecule has 0 spiro atoms. The summed E-state index contributed by atoms with van der Waals surface area (Å²) in [6.07, 6.45) is 60.4. The van der Waals surface area contributed by atoms with Gasteiger partial charge in [-0.3, -0.25) is 14.4 Å². The van der Waals surface area contributed by atoms with Gasteiger partial charge in [0.1, 0.15) is 13.2 Å². The summed E-state index contributed by atoms with van der Waals surface area (Å²) in [6, 6.07) is 0. The van der Waals surface area contributed by atoms with Gasteiger partial charge in [-0.05, 0) is 57.8 Å². The Morgan fingerprint density at radius 1 is 0.350 bits per heavy atom. The summed E-state index contributed by atoms with van der Waals surface area (Å²) in [5, 5.41) is 0. The molecule has 0 aromatic carbocycles. The molecule has 0 bridgehead atoms. The molecular formula is C54H92O6. The highest BCUT2D eigenvalue weighted by Gasteiger charge is 2.19. The molecule has 0 saturated carbocycles. The van der Waals surface area contributed by atoms with Crippen molar-refractivity contribution in [3.05, 3.63) is 72.9 Å². The Balaban J connectivity index is 4.46. The number of unbranched alkanes of at least 4 members (excludes halogenated alkanes) is 21. The van der Waals surface area contributed by atoms with E-state index in [1.807, 2.05) is 6.08 Å². The van der Waals surface area contributed by atoms with E-state index in [0.717, 1.165) is 77.0 Å². The fourth-order valence-electron chi connectivity index (χ4n) is 6.76. The molecule has 1 atom stereocenters. The number of carbonyl (C=O) groups excluding carboxylic acids is 3. The highest BCUT2D eigenvalue weighted by Crippen LogP contribution is 2.15. The summed E-state index contributed by atoms with van der Waals surface area (Å²) < 4.78 is 16.7. The molecule has 6 heteroatoms. The van der Waals surface area contributed by atoms with Gasteiger partial charge in [0.05, 0.1) is 0 Å². The Labute approximate surface area is 370 Å². The molecule has 0 aliphatic heterocycles. The van der Waals surface area contributed by atoms with Crippen molar-refractivity contribution in [1.29, 1.82) is 0 Å². The smallest absolute Gasteiger partial charge is 0.306 e. The van der Waals surface area contributed by atoms with Crippen LogP contribution in [0.2, 0.25) is 0 Å². The van der Waals surface area contributed by atoms with E-state index in [0.29, 0.717) is 19.3 Å². The van der Waals surface area contributed by atoms with E-state index in [1.54, 1.807) is 0 Å². The van der Waals surface area contributed by atoms with Crippen LogP contribution in [0.5, 0.6) is 0 Å². The van der Waals surface area contributed by atoms with Gasteiger partial charge in [0.2, 0.25) is 0 Å². The van der Waals surface area contributed by atoms with Crippen molar-refractivity contribution >= 4 is 17.9 Å². The number of esters is 3. The predicted octanol–water partition coefficient (Wildman–Crippen LogP) is 16.3. The van der Waals surface area contributed by atoms with Crippen LogP contribution in [0.25, 0.3) is 0 Å². The minimum absolute atomic E-state index is 0.0958. The van der Waals surface area contributed by atoms with Gasteiger partial charge < -0.3 is 14.2 Å². The van der Waals surface area contributed by atoms with Crippen molar-refractivity contribution in [3.8, 4) is 0 Å². The summed E-state index contributed by atoms with van der Waals surface area (Å²) in [5.41, 5.74) is 0. The number of allylic oxidation sites excluding steroid dienone is 12. The molecule has 0 aliphatic carbocycles. The van der Waals surface area contributed by atoms with Crippen molar-refractivity contribution < 1.29 is 28.6 Å². The van der Waals surface area contributed by atoms with Crippen LogP contribution in [0.4, 0.5) is 0 Å². The minimum atomic E-state index is -0.800. The van der Waals surface area contributed by atoms with E-state index in [2.05, 4.69) is 87.6 Å². The van der Waals surface area contributed by atoms with Crippen LogP contribution in [0.15, 0.2) is 72.9 Å². The summed E-state index contributed by atoms with van der Waals surface area (Å²) in [6.45, 7) is 6.44. The molecule has 0 saturated heterocycles. The Kier molecular flexibility index (Phi) is 46.0. The maximum Gasteiger partial charge on any atom is 0.306 e. The monoisotopic (exact) mass is 837 g/mol. The van der Waals surface area contributed by atoms with Crippen molar-refractivity contribution in [3.63, 3.8) is 0 Å². The van der Waals surface area contributed by atoms with Crippen molar-refractivity contribution in [2.45, 2.75) is 239 Å². The number of carbonyl (C=O) groups is 3. The molecule has 0 aliphatic rings. The molecule has 0 rings (SSSR count). The summed E-state index contributed by atoms with van der Waals surface area (Å²) in [7, 11) is 0. The molecule has 0 heterocycles. The lowest BCUT2D eigenvalue weighted by atomic mass is 10.0. The summed E-state index contributed by atoms with van der Waals surface area (Å²) in [5.74, 6) is -0.983. The van der Waals surface area contributed by atoms with Gasteiger partial charge >= 0.3 is 17.9 Å². The maximum atomic E-state index is 12.7. The Morgan fingerprint density at radius 3 is 1.02 bits per heavy atom. The Morgan fingerprint density at radius 2 is 0.650 bits per heavy atom. The molecule has 0 unspecified atom stereocenters. The van der Waals surface area contributed by atoms with Crippen LogP contribution in [0, 0.1) is 0 Å². The molecule has 0 aromatic rings. The van der Waals surface area contributed by atoms with E-state index in [9.17, 15) is 14.4 Å².